The quantitative estimate of drug-likeness (QED) is 0.843. The highest BCUT2D eigenvalue weighted by Crippen LogP contribution is 2.17. The fourth-order valence-corrected chi connectivity index (χ4v) is 2.31. The number of pyridine rings is 1. The van der Waals surface area contributed by atoms with Gasteiger partial charge in [-0.05, 0) is 19.1 Å². The van der Waals surface area contributed by atoms with Crippen molar-refractivity contribution >= 4 is 15.8 Å². The number of nitrogens with zero attached hydrogens (tertiary/aromatic N) is 3. The zero-order valence-electron chi connectivity index (χ0n) is 10.7. The first kappa shape index (κ1) is 13.5. The van der Waals surface area contributed by atoms with Crippen molar-refractivity contribution in [2.45, 2.75) is 18.4 Å². The van der Waals surface area contributed by atoms with Crippen molar-refractivity contribution in [2.24, 2.45) is 12.2 Å². The van der Waals surface area contributed by atoms with Crippen LogP contribution in [0.5, 0.6) is 0 Å². The molecule has 2 aromatic rings. The highest BCUT2D eigenvalue weighted by atomic mass is 32.2. The summed E-state index contributed by atoms with van der Waals surface area (Å²) in [7, 11) is -1.95. The first-order valence-electron chi connectivity index (χ1n) is 5.59. The highest BCUT2D eigenvalue weighted by molar-refractivity contribution is 7.89. The Labute approximate surface area is 111 Å². The van der Waals surface area contributed by atoms with Gasteiger partial charge in [-0.1, -0.05) is 0 Å². The lowest BCUT2D eigenvalue weighted by Gasteiger charge is -2.09. The molecule has 0 aromatic carbocycles. The second-order valence-corrected chi connectivity index (χ2v) is 5.66. The Bertz CT molecular complexity index is 693. The predicted octanol–water partition coefficient (Wildman–Crippen LogP) is 0.383. The molecule has 0 fully saturated rings. The van der Waals surface area contributed by atoms with Crippen molar-refractivity contribution < 1.29 is 8.42 Å². The predicted molar refractivity (Wildman–Crippen MR) is 70.9 cm³/mol. The minimum atomic E-state index is -3.79. The first-order valence-corrected chi connectivity index (χ1v) is 7.13. The number of sulfonamides is 1. The van der Waals surface area contributed by atoms with Gasteiger partial charge in [0, 0.05) is 31.0 Å². The molecule has 0 saturated carbocycles. The minimum absolute atomic E-state index is 0.0171. The zero-order chi connectivity index (χ0) is 14.0. The lowest BCUT2D eigenvalue weighted by molar-refractivity contribution is 0.597. The number of primary sulfonamides is 1. The van der Waals surface area contributed by atoms with Crippen LogP contribution in [0, 0.1) is 6.92 Å². The molecule has 7 nitrogen and oxygen atoms in total. The minimum Gasteiger partial charge on any atom is -0.365 e. The van der Waals surface area contributed by atoms with Crippen molar-refractivity contribution in [3.8, 4) is 0 Å². The molecule has 0 atom stereocenters. The van der Waals surface area contributed by atoms with Gasteiger partial charge in [0.25, 0.3) is 0 Å². The van der Waals surface area contributed by atoms with Crippen molar-refractivity contribution in [1.29, 1.82) is 0 Å². The monoisotopic (exact) mass is 281 g/mol. The number of anilines is 1. The van der Waals surface area contributed by atoms with Crippen LogP contribution in [0.1, 0.15) is 11.3 Å². The van der Waals surface area contributed by atoms with Gasteiger partial charge in [-0.15, -0.1) is 0 Å². The van der Waals surface area contributed by atoms with E-state index in [2.05, 4.69) is 15.4 Å². The average molecular weight is 281 g/mol. The van der Waals surface area contributed by atoms with Crippen molar-refractivity contribution in [3.05, 3.63) is 35.8 Å². The van der Waals surface area contributed by atoms with Gasteiger partial charge in [0.2, 0.25) is 10.0 Å². The third kappa shape index (κ3) is 2.91. The van der Waals surface area contributed by atoms with Crippen LogP contribution in [0.15, 0.2) is 29.4 Å². The zero-order valence-corrected chi connectivity index (χ0v) is 11.5. The van der Waals surface area contributed by atoms with Crippen LogP contribution in [0.4, 0.5) is 5.82 Å². The smallest absolute Gasteiger partial charge is 0.241 e. The molecular weight excluding hydrogens is 266 g/mol. The largest absolute Gasteiger partial charge is 0.365 e. The van der Waals surface area contributed by atoms with Crippen LogP contribution in [0.25, 0.3) is 0 Å². The molecule has 0 aliphatic carbocycles. The maximum Gasteiger partial charge on any atom is 0.241 e. The van der Waals surface area contributed by atoms with Gasteiger partial charge in [0.1, 0.15) is 10.7 Å². The fourth-order valence-electron chi connectivity index (χ4n) is 1.65. The van der Waals surface area contributed by atoms with E-state index >= 15 is 0 Å². The van der Waals surface area contributed by atoms with E-state index in [1.807, 2.05) is 14.0 Å². The summed E-state index contributed by atoms with van der Waals surface area (Å²) >= 11 is 0. The number of rotatable bonds is 4. The number of nitrogens with one attached hydrogen (secondary N) is 1. The Kier molecular flexibility index (Phi) is 3.54. The van der Waals surface area contributed by atoms with Gasteiger partial charge >= 0.3 is 0 Å². The Balaban J connectivity index is 2.23. The third-order valence-electron chi connectivity index (χ3n) is 2.86. The second-order valence-electron chi connectivity index (χ2n) is 4.13. The summed E-state index contributed by atoms with van der Waals surface area (Å²) < 4.78 is 24.6. The second kappa shape index (κ2) is 4.98. The summed E-state index contributed by atoms with van der Waals surface area (Å²) in [5.74, 6) is 0.244. The van der Waals surface area contributed by atoms with Crippen molar-refractivity contribution in [1.82, 2.24) is 14.8 Å². The van der Waals surface area contributed by atoms with E-state index in [4.69, 9.17) is 5.14 Å². The van der Waals surface area contributed by atoms with E-state index in [-0.39, 0.29) is 10.7 Å². The van der Waals surface area contributed by atoms with Gasteiger partial charge in [0.15, 0.2) is 0 Å². The molecule has 0 spiro atoms. The summed E-state index contributed by atoms with van der Waals surface area (Å²) in [5, 5.41) is 12.2. The topological polar surface area (TPSA) is 103 Å². The van der Waals surface area contributed by atoms with Gasteiger partial charge in [-0.3, -0.25) is 4.68 Å². The van der Waals surface area contributed by atoms with Gasteiger partial charge in [-0.2, -0.15) is 5.10 Å². The number of aromatic nitrogens is 3. The van der Waals surface area contributed by atoms with Crippen molar-refractivity contribution in [2.75, 3.05) is 5.32 Å². The van der Waals surface area contributed by atoms with E-state index in [9.17, 15) is 8.42 Å². The van der Waals surface area contributed by atoms with Gasteiger partial charge < -0.3 is 5.32 Å². The first-order chi connectivity index (χ1) is 8.89. The van der Waals surface area contributed by atoms with Crippen LogP contribution in [-0.4, -0.2) is 23.2 Å². The number of aryl methyl sites for hydroxylation is 1. The van der Waals surface area contributed by atoms with E-state index in [1.165, 1.54) is 18.3 Å². The molecule has 2 rings (SSSR count). The normalized spacial score (nSPS) is 11.5. The lowest BCUT2D eigenvalue weighted by Crippen LogP contribution is -2.16. The van der Waals surface area contributed by atoms with E-state index in [1.54, 1.807) is 10.9 Å². The average Bonchev–Trinajstić information content (AvgIpc) is 2.67. The van der Waals surface area contributed by atoms with Crippen LogP contribution >= 0.6 is 0 Å². The molecule has 19 heavy (non-hydrogen) atoms. The summed E-state index contributed by atoms with van der Waals surface area (Å²) in [5.41, 5.74) is 1.97. The van der Waals surface area contributed by atoms with Crippen LogP contribution in [0.2, 0.25) is 0 Å². The molecule has 8 heteroatoms. The lowest BCUT2D eigenvalue weighted by atomic mass is 10.2. The maximum absolute atomic E-state index is 11.4. The molecule has 3 N–H and O–H groups in total. The van der Waals surface area contributed by atoms with Crippen LogP contribution in [0.3, 0.4) is 0 Å². The van der Waals surface area contributed by atoms with E-state index in [0.717, 1.165) is 11.3 Å². The maximum atomic E-state index is 11.4. The molecule has 2 aromatic heterocycles. The SMILES string of the molecule is Cc1c(CNc2ncccc2S(N)(=O)=O)cnn1C. The van der Waals surface area contributed by atoms with Crippen LogP contribution < -0.4 is 10.5 Å². The Morgan fingerprint density at radius 3 is 2.79 bits per heavy atom. The Hall–Kier alpha value is -1.93. The van der Waals surface area contributed by atoms with Crippen molar-refractivity contribution in [3.63, 3.8) is 0 Å². The summed E-state index contributed by atoms with van der Waals surface area (Å²) in [6, 6.07) is 2.95. The molecule has 0 saturated heterocycles. The third-order valence-corrected chi connectivity index (χ3v) is 3.80. The van der Waals surface area contributed by atoms with Gasteiger partial charge in [-0.25, -0.2) is 18.5 Å². The standard InChI is InChI=1S/C11H15N5O2S/c1-8-9(7-15-16(8)2)6-14-11-10(19(12,17)18)4-3-5-13-11/h3-5,7H,6H2,1-2H3,(H,13,14)(H2,12,17,18). The highest BCUT2D eigenvalue weighted by Gasteiger charge is 2.14. The summed E-state index contributed by atoms with van der Waals surface area (Å²) in [4.78, 5) is 3.98. The van der Waals surface area contributed by atoms with Gasteiger partial charge in [0.05, 0.1) is 6.20 Å². The molecule has 102 valence electrons. The molecule has 0 amide bonds. The van der Waals surface area contributed by atoms with Crippen LogP contribution in [-0.2, 0) is 23.6 Å². The summed E-state index contributed by atoms with van der Waals surface area (Å²) in [6.07, 6.45) is 3.23. The summed E-state index contributed by atoms with van der Waals surface area (Å²) in [6.45, 7) is 2.36. The molecule has 0 bridgehead atoms. The molecule has 0 aliphatic rings. The number of nitrogens with two attached hydrogens (primary N) is 1. The molecular formula is C11H15N5O2S. The fraction of sp³-hybridized carbons (Fsp3) is 0.273. The Morgan fingerprint density at radius 1 is 1.47 bits per heavy atom. The molecule has 2 heterocycles. The molecule has 0 unspecified atom stereocenters. The number of hydrogen-bond acceptors (Lipinski definition) is 5. The van der Waals surface area contributed by atoms with E-state index in [0.29, 0.717) is 6.54 Å². The van der Waals surface area contributed by atoms with E-state index < -0.39 is 10.0 Å². The Morgan fingerprint density at radius 2 is 2.21 bits per heavy atom. The molecule has 0 aliphatic heterocycles. The molecule has 0 radical (unpaired) electrons. The number of hydrogen-bond donors (Lipinski definition) is 2.